The van der Waals surface area contributed by atoms with E-state index in [9.17, 15) is 8.42 Å². The van der Waals surface area contributed by atoms with Gasteiger partial charge in [0.2, 0.25) is 0 Å². The van der Waals surface area contributed by atoms with Crippen molar-refractivity contribution in [3.63, 3.8) is 0 Å². The second-order valence-corrected chi connectivity index (χ2v) is 6.25. The first-order chi connectivity index (χ1) is 6.53. The molecule has 0 saturated carbocycles. The molecular formula is C9H20N2O2S. The van der Waals surface area contributed by atoms with Crippen LogP contribution >= 0.6 is 0 Å². The van der Waals surface area contributed by atoms with Gasteiger partial charge < -0.3 is 10.6 Å². The zero-order valence-electron chi connectivity index (χ0n) is 8.78. The minimum absolute atomic E-state index is 0.258. The second kappa shape index (κ2) is 5.09. The highest BCUT2D eigenvalue weighted by atomic mass is 32.2. The third-order valence-electron chi connectivity index (χ3n) is 2.78. The van der Waals surface area contributed by atoms with Gasteiger partial charge >= 0.3 is 0 Å². The first-order valence-corrected chi connectivity index (χ1v) is 7.04. The van der Waals surface area contributed by atoms with E-state index in [-0.39, 0.29) is 6.04 Å². The fraction of sp³-hybridized carbons (Fsp3) is 1.00. The van der Waals surface area contributed by atoms with Crippen molar-refractivity contribution in [3.8, 4) is 0 Å². The molecule has 1 aliphatic rings. The van der Waals surface area contributed by atoms with Gasteiger partial charge in [-0.25, -0.2) is 8.42 Å². The Balaban J connectivity index is 2.23. The Labute approximate surface area is 86.4 Å². The Kier molecular flexibility index (Phi) is 4.34. The first-order valence-electron chi connectivity index (χ1n) is 5.22. The van der Waals surface area contributed by atoms with E-state index in [0.717, 1.165) is 19.4 Å². The van der Waals surface area contributed by atoms with E-state index >= 15 is 0 Å². The van der Waals surface area contributed by atoms with Gasteiger partial charge in [-0.2, -0.15) is 0 Å². The van der Waals surface area contributed by atoms with Gasteiger partial charge in [0.25, 0.3) is 0 Å². The summed E-state index contributed by atoms with van der Waals surface area (Å²) in [6.07, 6.45) is 1.96. The van der Waals surface area contributed by atoms with Crippen LogP contribution in [0, 0.1) is 0 Å². The van der Waals surface area contributed by atoms with Crippen LogP contribution in [0.3, 0.4) is 0 Å². The number of hydrogen-bond acceptors (Lipinski definition) is 4. The van der Waals surface area contributed by atoms with Gasteiger partial charge in [-0.1, -0.05) is 6.92 Å². The van der Waals surface area contributed by atoms with Crippen LogP contribution < -0.4 is 5.73 Å². The summed E-state index contributed by atoms with van der Waals surface area (Å²) in [5.41, 5.74) is 5.80. The fourth-order valence-electron chi connectivity index (χ4n) is 1.53. The van der Waals surface area contributed by atoms with Gasteiger partial charge in [0.05, 0.1) is 11.5 Å². The Morgan fingerprint density at radius 3 is 2.43 bits per heavy atom. The van der Waals surface area contributed by atoms with Crippen LogP contribution in [-0.4, -0.2) is 50.5 Å². The van der Waals surface area contributed by atoms with E-state index in [2.05, 4.69) is 11.8 Å². The first kappa shape index (κ1) is 11.9. The maximum Gasteiger partial charge on any atom is 0.152 e. The maximum atomic E-state index is 11.1. The maximum absolute atomic E-state index is 11.1. The number of sulfone groups is 1. The summed E-state index contributed by atoms with van der Waals surface area (Å²) >= 11 is 0. The van der Waals surface area contributed by atoms with Crippen LogP contribution in [0.4, 0.5) is 0 Å². The average Bonchev–Trinajstić information content (AvgIpc) is 2.16. The van der Waals surface area contributed by atoms with E-state index in [0.29, 0.717) is 24.6 Å². The van der Waals surface area contributed by atoms with Gasteiger partial charge in [-0.3, -0.25) is 0 Å². The lowest BCUT2D eigenvalue weighted by Gasteiger charge is -2.27. The molecule has 0 spiro atoms. The van der Waals surface area contributed by atoms with Crippen molar-refractivity contribution in [1.29, 1.82) is 0 Å². The largest absolute Gasteiger partial charge is 0.328 e. The molecule has 1 atom stereocenters. The van der Waals surface area contributed by atoms with E-state index in [1.165, 1.54) is 0 Å². The van der Waals surface area contributed by atoms with E-state index < -0.39 is 9.84 Å². The summed E-state index contributed by atoms with van der Waals surface area (Å²) in [4.78, 5) is 2.19. The Hall–Kier alpha value is -0.130. The molecule has 5 heteroatoms. The van der Waals surface area contributed by atoms with Crippen LogP contribution in [0.25, 0.3) is 0 Å². The van der Waals surface area contributed by atoms with Crippen LogP contribution in [0.5, 0.6) is 0 Å². The second-order valence-electron chi connectivity index (χ2n) is 3.95. The molecule has 0 aromatic rings. The molecule has 0 bridgehead atoms. The topological polar surface area (TPSA) is 63.4 Å². The molecular weight excluding hydrogens is 200 g/mol. The molecule has 1 saturated heterocycles. The van der Waals surface area contributed by atoms with Crippen LogP contribution in [0.1, 0.15) is 19.8 Å². The molecule has 1 fully saturated rings. The molecule has 0 radical (unpaired) electrons. The van der Waals surface area contributed by atoms with Crippen molar-refractivity contribution < 1.29 is 8.42 Å². The van der Waals surface area contributed by atoms with Crippen LogP contribution in [-0.2, 0) is 9.84 Å². The lowest BCUT2D eigenvalue weighted by Crippen LogP contribution is -2.41. The molecule has 1 aliphatic heterocycles. The van der Waals surface area contributed by atoms with Gasteiger partial charge in [0.1, 0.15) is 0 Å². The molecule has 1 unspecified atom stereocenters. The Bertz CT molecular complexity index is 250. The molecule has 0 aromatic carbocycles. The number of hydrogen-bond donors (Lipinski definition) is 1. The summed E-state index contributed by atoms with van der Waals surface area (Å²) < 4.78 is 22.3. The predicted octanol–water partition coefficient (Wildman–Crippen LogP) is -0.156. The number of nitrogens with two attached hydrogens (primary N) is 1. The van der Waals surface area contributed by atoms with Crippen LogP contribution in [0.15, 0.2) is 0 Å². The quantitative estimate of drug-likeness (QED) is 0.715. The summed E-state index contributed by atoms with van der Waals surface area (Å²) in [6, 6.07) is 0.258. The zero-order chi connectivity index (χ0) is 10.6. The van der Waals surface area contributed by atoms with E-state index in [1.807, 2.05) is 0 Å². The van der Waals surface area contributed by atoms with E-state index in [4.69, 9.17) is 5.73 Å². The molecule has 0 amide bonds. The summed E-state index contributed by atoms with van der Waals surface area (Å²) in [5, 5.41) is 0. The van der Waals surface area contributed by atoms with E-state index in [1.54, 1.807) is 0 Å². The normalized spacial score (nSPS) is 24.7. The lowest BCUT2D eigenvalue weighted by atomic mass is 10.1. The Morgan fingerprint density at radius 2 is 1.93 bits per heavy atom. The standard InChI is InChI=1S/C9H20N2O2S/c1-2-9(10)3-4-11-5-7-14(12,13)8-6-11/h9H,2-8,10H2,1H3. The van der Waals surface area contributed by atoms with Gasteiger partial charge in [-0.15, -0.1) is 0 Å². The summed E-state index contributed by atoms with van der Waals surface area (Å²) in [5.74, 6) is 0.628. The molecule has 0 aromatic heterocycles. The van der Waals surface area contributed by atoms with Gasteiger partial charge in [0.15, 0.2) is 9.84 Å². The smallest absolute Gasteiger partial charge is 0.152 e. The molecule has 1 heterocycles. The predicted molar refractivity (Wildman–Crippen MR) is 58.0 cm³/mol. The third-order valence-corrected chi connectivity index (χ3v) is 4.39. The molecule has 1 rings (SSSR count). The van der Waals surface area contributed by atoms with Crippen molar-refractivity contribution in [2.75, 3.05) is 31.1 Å². The molecule has 0 aliphatic carbocycles. The Morgan fingerprint density at radius 1 is 1.36 bits per heavy atom. The van der Waals surface area contributed by atoms with Gasteiger partial charge in [0, 0.05) is 19.1 Å². The molecule has 84 valence electrons. The summed E-state index contributed by atoms with van der Waals surface area (Å²) in [6.45, 7) is 4.37. The minimum Gasteiger partial charge on any atom is -0.328 e. The zero-order valence-corrected chi connectivity index (χ0v) is 9.59. The number of nitrogens with zero attached hydrogens (tertiary/aromatic N) is 1. The number of rotatable bonds is 4. The van der Waals surface area contributed by atoms with Crippen molar-refractivity contribution in [3.05, 3.63) is 0 Å². The van der Waals surface area contributed by atoms with Crippen LogP contribution in [0.2, 0.25) is 0 Å². The monoisotopic (exact) mass is 220 g/mol. The minimum atomic E-state index is -2.73. The highest BCUT2D eigenvalue weighted by Gasteiger charge is 2.21. The highest BCUT2D eigenvalue weighted by Crippen LogP contribution is 2.05. The van der Waals surface area contributed by atoms with Crippen molar-refractivity contribution >= 4 is 9.84 Å². The van der Waals surface area contributed by atoms with Crippen molar-refractivity contribution in [2.24, 2.45) is 5.73 Å². The SMILES string of the molecule is CCC(N)CCN1CCS(=O)(=O)CC1. The van der Waals surface area contributed by atoms with Crippen molar-refractivity contribution in [2.45, 2.75) is 25.8 Å². The highest BCUT2D eigenvalue weighted by molar-refractivity contribution is 7.91. The molecule has 14 heavy (non-hydrogen) atoms. The molecule has 4 nitrogen and oxygen atoms in total. The fourth-order valence-corrected chi connectivity index (χ4v) is 2.80. The average molecular weight is 220 g/mol. The van der Waals surface area contributed by atoms with Gasteiger partial charge in [-0.05, 0) is 19.4 Å². The summed E-state index contributed by atoms with van der Waals surface area (Å²) in [7, 11) is -2.73. The van der Waals surface area contributed by atoms with Crippen molar-refractivity contribution in [1.82, 2.24) is 4.90 Å². The lowest BCUT2D eigenvalue weighted by molar-refractivity contribution is 0.282. The third kappa shape index (κ3) is 3.94. The molecule has 2 N–H and O–H groups in total.